The van der Waals surface area contributed by atoms with E-state index in [1.165, 1.54) is 11.8 Å². The Hall–Kier alpha value is -3.23. The van der Waals surface area contributed by atoms with E-state index in [2.05, 4.69) is 11.1 Å². The van der Waals surface area contributed by atoms with Gasteiger partial charge < -0.3 is 14.2 Å². The average molecular weight is 512 g/mol. The summed E-state index contributed by atoms with van der Waals surface area (Å²) in [5.41, 5.74) is 3.04. The Morgan fingerprint density at radius 2 is 1.91 bits per heavy atom. The highest BCUT2D eigenvalue weighted by Crippen LogP contribution is 2.38. The smallest absolute Gasteiger partial charge is 0.283 e. The highest BCUT2D eigenvalue weighted by Gasteiger charge is 2.31. The van der Waals surface area contributed by atoms with Crippen LogP contribution in [0.3, 0.4) is 0 Å². The molecule has 2 aromatic rings. The SMILES string of the molecule is CCOc1cc(/C=C2/C(=N)N3C=CSC3=NC2=O)cc(Cl)c1OCCCOc1cc(C)ccc1C. The van der Waals surface area contributed by atoms with Crippen LogP contribution in [-0.2, 0) is 4.79 Å². The number of carbonyl (C=O) groups is 1. The van der Waals surface area contributed by atoms with Crippen molar-refractivity contribution in [3.8, 4) is 17.2 Å². The van der Waals surface area contributed by atoms with E-state index in [1.54, 1.807) is 34.7 Å². The van der Waals surface area contributed by atoms with Crippen molar-refractivity contribution in [2.75, 3.05) is 19.8 Å². The van der Waals surface area contributed by atoms with Gasteiger partial charge in [0.15, 0.2) is 16.7 Å². The predicted octanol–water partition coefficient (Wildman–Crippen LogP) is 5.98. The number of nitrogens with zero attached hydrogens (tertiary/aromatic N) is 2. The Morgan fingerprint density at radius 1 is 1.11 bits per heavy atom. The molecule has 0 atom stereocenters. The third-order valence-corrected chi connectivity index (χ3v) is 6.33. The van der Waals surface area contributed by atoms with Crippen molar-refractivity contribution in [3.05, 3.63) is 69.2 Å². The molecule has 2 aromatic carbocycles. The lowest BCUT2D eigenvalue weighted by molar-refractivity contribution is -0.114. The van der Waals surface area contributed by atoms with Gasteiger partial charge in [0, 0.05) is 12.6 Å². The summed E-state index contributed by atoms with van der Waals surface area (Å²) in [6.45, 7) is 7.24. The van der Waals surface area contributed by atoms with Gasteiger partial charge in [-0.1, -0.05) is 35.5 Å². The van der Waals surface area contributed by atoms with Crippen LogP contribution in [0.5, 0.6) is 17.2 Å². The Balaban J connectivity index is 1.45. The molecule has 0 bridgehead atoms. The molecule has 9 heteroatoms. The minimum absolute atomic E-state index is 0.0690. The van der Waals surface area contributed by atoms with Gasteiger partial charge in [0.25, 0.3) is 5.91 Å². The molecule has 7 nitrogen and oxygen atoms in total. The third kappa shape index (κ3) is 5.71. The van der Waals surface area contributed by atoms with Crippen LogP contribution in [0.25, 0.3) is 6.08 Å². The molecule has 0 saturated carbocycles. The third-order valence-electron chi connectivity index (χ3n) is 5.29. The van der Waals surface area contributed by atoms with Gasteiger partial charge in [0.05, 0.1) is 30.4 Å². The van der Waals surface area contributed by atoms with Crippen LogP contribution in [0.4, 0.5) is 0 Å². The van der Waals surface area contributed by atoms with Crippen LogP contribution in [0.2, 0.25) is 5.02 Å². The normalized spacial score (nSPS) is 15.9. The Labute approximate surface area is 213 Å². The van der Waals surface area contributed by atoms with Gasteiger partial charge in [-0.3, -0.25) is 15.1 Å². The maximum Gasteiger partial charge on any atom is 0.283 e. The standard InChI is InChI=1S/C26H26ClN3O4S/c1-4-32-22-15-18(13-19-24(28)30-8-11-35-26(30)29-25(19)31)14-20(27)23(22)34-10-5-9-33-21-12-16(2)6-7-17(21)3/h6-8,11-15,28H,4-5,9-10H2,1-3H3/b19-13-,28-24?. The molecule has 0 fully saturated rings. The fourth-order valence-electron chi connectivity index (χ4n) is 3.55. The molecular weight excluding hydrogens is 486 g/mol. The predicted molar refractivity (Wildman–Crippen MR) is 141 cm³/mol. The van der Waals surface area contributed by atoms with Gasteiger partial charge in [-0.25, -0.2) is 0 Å². The number of thioether (sulfide) groups is 1. The highest BCUT2D eigenvalue weighted by molar-refractivity contribution is 8.16. The number of aryl methyl sites for hydroxylation is 2. The average Bonchev–Trinajstić information content (AvgIpc) is 3.29. The summed E-state index contributed by atoms with van der Waals surface area (Å²) >= 11 is 7.85. The first kappa shape index (κ1) is 24.9. The molecule has 2 aliphatic heterocycles. The Kier molecular flexibility index (Phi) is 7.83. The molecule has 4 rings (SSSR count). The van der Waals surface area contributed by atoms with Crippen LogP contribution in [0.1, 0.15) is 30.0 Å². The number of amidine groups is 2. The molecule has 2 aliphatic rings. The largest absolute Gasteiger partial charge is 0.493 e. The zero-order chi connectivity index (χ0) is 24.9. The number of amides is 1. The minimum Gasteiger partial charge on any atom is -0.493 e. The molecule has 1 amide bonds. The number of ether oxygens (including phenoxy) is 3. The summed E-state index contributed by atoms with van der Waals surface area (Å²) in [5, 5.41) is 11.0. The topological polar surface area (TPSA) is 84.2 Å². The summed E-state index contributed by atoms with van der Waals surface area (Å²) in [7, 11) is 0. The number of halogens is 1. The van der Waals surface area contributed by atoms with Crippen LogP contribution < -0.4 is 14.2 Å². The van der Waals surface area contributed by atoms with Crippen LogP contribution >= 0.6 is 23.4 Å². The van der Waals surface area contributed by atoms with E-state index in [0.717, 1.165) is 16.9 Å². The van der Waals surface area contributed by atoms with Crippen molar-refractivity contribution < 1.29 is 19.0 Å². The summed E-state index contributed by atoms with van der Waals surface area (Å²) in [6, 6.07) is 9.56. The summed E-state index contributed by atoms with van der Waals surface area (Å²) in [4.78, 5) is 18.1. The maximum atomic E-state index is 12.5. The van der Waals surface area contributed by atoms with E-state index in [1.807, 2.05) is 32.9 Å². The molecule has 1 N–H and O–H groups in total. The first-order chi connectivity index (χ1) is 16.9. The molecule has 2 heterocycles. The van der Waals surface area contributed by atoms with Crippen molar-refractivity contribution in [2.45, 2.75) is 27.2 Å². The van der Waals surface area contributed by atoms with Gasteiger partial charge in [0.2, 0.25) is 0 Å². The molecule has 0 spiro atoms. The number of aliphatic imine (C=N–C) groups is 1. The lowest BCUT2D eigenvalue weighted by atomic mass is 10.1. The van der Waals surface area contributed by atoms with Crippen molar-refractivity contribution in [1.29, 1.82) is 5.41 Å². The summed E-state index contributed by atoms with van der Waals surface area (Å²) < 4.78 is 17.6. The van der Waals surface area contributed by atoms with Crippen LogP contribution in [-0.4, -0.2) is 41.6 Å². The fourth-order valence-corrected chi connectivity index (χ4v) is 4.53. The zero-order valence-corrected chi connectivity index (χ0v) is 21.3. The Morgan fingerprint density at radius 3 is 2.71 bits per heavy atom. The fraction of sp³-hybridized carbons (Fsp3) is 0.269. The number of nitrogens with one attached hydrogen (secondary N) is 1. The number of rotatable bonds is 9. The van der Waals surface area contributed by atoms with E-state index in [0.29, 0.717) is 53.5 Å². The molecule has 0 radical (unpaired) electrons. The summed E-state index contributed by atoms with van der Waals surface area (Å²) in [6.07, 6.45) is 3.97. The van der Waals surface area contributed by atoms with Gasteiger partial charge in [-0.2, -0.15) is 4.99 Å². The van der Waals surface area contributed by atoms with E-state index in [-0.39, 0.29) is 11.4 Å². The van der Waals surface area contributed by atoms with Crippen LogP contribution in [0.15, 0.2) is 52.5 Å². The van der Waals surface area contributed by atoms with Crippen LogP contribution in [0, 0.1) is 19.3 Å². The zero-order valence-electron chi connectivity index (χ0n) is 19.8. The van der Waals surface area contributed by atoms with Crippen molar-refractivity contribution >= 4 is 46.3 Å². The summed E-state index contributed by atoms with van der Waals surface area (Å²) in [5.74, 6) is 1.39. The van der Waals surface area contributed by atoms with Gasteiger partial charge in [-0.15, -0.1) is 0 Å². The van der Waals surface area contributed by atoms with Crippen molar-refractivity contribution in [1.82, 2.24) is 4.90 Å². The Bertz CT molecular complexity index is 1260. The molecule has 0 aliphatic carbocycles. The molecule has 182 valence electrons. The minimum atomic E-state index is -0.462. The van der Waals surface area contributed by atoms with E-state index < -0.39 is 5.91 Å². The molecule has 0 saturated heterocycles. The first-order valence-corrected chi connectivity index (χ1v) is 12.5. The monoisotopic (exact) mass is 511 g/mol. The van der Waals surface area contributed by atoms with Gasteiger partial charge >= 0.3 is 0 Å². The van der Waals surface area contributed by atoms with E-state index >= 15 is 0 Å². The first-order valence-electron chi connectivity index (χ1n) is 11.2. The number of carbonyl (C=O) groups excluding carboxylic acids is 1. The van der Waals surface area contributed by atoms with Crippen molar-refractivity contribution in [3.63, 3.8) is 0 Å². The number of hydrogen-bond acceptors (Lipinski definition) is 6. The second kappa shape index (κ2) is 11.0. The highest BCUT2D eigenvalue weighted by atomic mass is 35.5. The van der Waals surface area contributed by atoms with Gasteiger partial charge in [-0.05, 0) is 67.1 Å². The number of fused-ring (bicyclic) bond motifs is 1. The van der Waals surface area contributed by atoms with Gasteiger partial charge in [0.1, 0.15) is 11.6 Å². The molecule has 35 heavy (non-hydrogen) atoms. The second-order valence-electron chi connectivity index (χ2n) is 7.96. The molecular formula is C26H26ClN3O4S. The quantitative estimate of drug-likeness (QED) is 0.329. The number of benzene rings is 2. The lowest BCUT2D eigenvalue weighted by Crippen LogP contribution is -2.35. The van der Waals surface area contributed by atoms with E-state index in [9.17, 15) is 4.79 Å². The number of hydrogen-bond donors (Lipinski definition) is 1. The maximum absolute atomic E-state index is 12.5. The van der Waals surface area contributed by atoms with E-state index in [4.69, 9.17) is 31.2 Å². The van der Waals surface area contributed by atoms with Crippen molar-refractivity contribution in [2.24, 2.45) is 4.99 Å². The lowest BCUT2D eigenvalue weighted by Gasteiger charge is -2.22. The molecule has 0 unspecified atom stereocenters. The molecule has 0 aromatic heterocycles. The second-order valence-corrected chi connectivity index (χ2v) is 9.24.